The number of aliphatic carboxylic acids is 1. The van der Waals surface area contributed by atoms with E-state index in [0.29, 0.717) is 4.70 Å². The third kappa shape index (κ3) is 2.51. The van der Waals surface area contributed by atoms with Gasteiger partial charge in [0.05, 0.1) is 17.0 Å². The minimum Gasteiger partial charge on any atom is -0.481 e. The Balaban J connectivity index is 2.48. The molecule has 94 valence electrons. The number of rotatable bonds is 4. The van der Waals surface area contributed by atoms with Gasteiger partial charge in [-0.05, 0) is 12.1 Å². The lowest BCUT2D eigenvalue weighted by atomic mass is 10.1. The van der Waals surface area contributed by atoms with Gasteiger partial charge in [0.15, 0.2) is 5.12 Å². The first-order valence-corrected chi connectivity index (χ1v) is 6.25. The van der Waals surface area contributed by atoms with Crippen LogP contribution in [0.4, 0.5) is 4.39 Å². The molecule has 0 aliphatic rings. The van der Waals surface area contributed by atoms with Crippen LogP contribution in [0.15, 0.2) is 18.2 Å². The minimum absolute atomic E-state index is 0.155. The van der Waals surface area contributed by atoms with E-state index in [9.17, 15) is 14.0 Å². The Bertz CT molecular complexity index is 626. The van der Waals surface area contributed by atoms with Crippen molar-refractivity contribution >= 4 is 45.3 Å². The highest BCUT2D eigenvalue weighted by Crippen LogP contribution is 2.31. The summed E-state index contributed by atoms with van der Waals surface area (Å²) in [6.45, 7) is 0. The van der Waals surface area contributed by atoms with Crippen LogP contribution in [0.25, 0.3) is 10.2 Å². The van der Waals surface area contributed by atoms with Crippen molar-refractivity contribution in [2.24, 2.45) is 0 Å². The molecular weight excluding hydrogens is 277 g/mol. The molecule has 1 aromatic heterocycles. The summed E-state index contributed by atoms with van der Waals surface area (Å²) in [6.07, 6.45) is -0.399. The Morgan fingerprint density at radius 3 is 2.78 bits per heavy atom. The van der Waals surface area contributed by atoms with E-state index in [1.54, 1.807) is 6.07 Å². The lowest BCUT2D eigenvalue weighted by Crippen LogP contribution is -2.12. The third-order valence-corrected chi connectivity index (χ3v) is 3.81. The number of thiol groups is 1. The van der Waals surface area contributed by atoms with E-state index in [1.807, 2.05) is 0 Å². The molecule has 1 N–H and O–H groups in total. The Morgan fingerprint density at radius 2 is 2.22 bits per heavy atom. The molecule has 1 aromatic carbocycles. The minimum atomic E-state index is -1.12. The van der Waals surface area contributed by atoms with E-state index >= 15 is 0 Å². The number of fused-ring (bicyclic) bond motifs is 1. The van der Waals surface area contributed by atoms with Gasteiger partial charge in [-0.25, -0.2) is 9.37 Å². The molecule has 0 bridgehead atoms. The van der Waals surface area contributed by atoms with Gasteiger partial charge in [-0.1, -0.05) is 6.07 Å². The molecule has 1 atom stereocenters. The predicted molar refractivity (Wildman–Crippen MR) is 68.6 cm³/mol. The molecule has 18 heavy (non-hydrogen) atoms. The molecule has 2 rings (SSSR count). The van der Waals surface area contributed by atoms with Crippen LogP contribution in [0.3, 0.4) is 0 Å². The predicted octanol–water partition coefficient (Wildman–Crippen LogP) is 2.45. The van der Waals surface area contributed by atoms with Gasteiger partial charge in [0.1, 0.15) is 16.3 Å². The first kappa shape index (κ1) is 13.0. The number of benzene rings is 1. The normalized spacial score (nSPS) is 12.6. The molecule has 2 aromatic rings. The zero-order valence-electron chi connectivity index (χ0n) is 8.96. The molecule has 7 heteroatoms. The van der Waals surface area contributed by atoms with Gasteiger partial charge < -0.3 is 5.11 Å². The van der Waals surface area contributed by atoms with E-state index in [0.717, 1.165) is 11.3 Å². The van der Waals surface area contributed by atoms with Gasteiger partial charge in [0.2, 0.25) is 0 Å². The van der Waals surface area contributed by atoms with E-state index in [2.05, 4.69) is 17.6 Å². The number of hydrogen-bond acceptors (Lipinski definition) is 4. The highest BCUT2D eigenvalue weighted by atomic mass is 32.1. The molecule has 4 nitrogen and oxygen atoms in total. The monoisotopic (exact) mass is 285 g/mol. The molecule has 0 saturated heterocycles. The fourth-order valence-corrected chi connectivity index (χ4v) is 2.92. The van der Waals surface area contributed by atoms with Gasteiger partial charge in [0.25, 0.3) is 0 Å². The Labute approximate surface area is 111 Å². The second-order valence-corrected chi connectivity index (χ2v) is 5.13. The number of hydrogen-bond donors (Lipinski definition) is 2. The van der Waals surface area contributed by atoms with Crippen LogP contribution in [0.5, 0.6) is 0 Å². The van der Waals surface area contributed by atoms with E-state index in [-0.39, 0.29) is 10.5 Å². The maximum atomic E-state index is 13.5. The largest absolute Gasteiger partial charge is 0.481 e. The van der Waals surface area contributed by atoms with Crippen molar-refractivity contribution in [3.8, 4) is 0 Å². The molecule has 0 fully saturated rings. The maximum Gasteiger partial charge on any atom is 0.304 e. The van der Waals surface area contributed by atoms with Crippen molar-refractivity contribution in [1.29, 1.82) is 0 Å². The molecule has 1 unspecified atom stereocenters. The average molecular weight is 285 g/mol. The highest BCUT2D eigenvalue weighted by Gasteiger charge is 2.25. The first-order valence-electron chi connectivity index (χ1n) is 4.98. The zero-order chi connectivity index (χ0) is 13.3. The SMILES string of the molecule is O=C(O)CC(C(=O)S)c1nc2c(F)cccc2s1. The number of carbonyl (C=O) groups is 2. The molecule has 0 aliphatic heterocycles. The molecule has 0 amide bonds. The van der Waals surface area contributed by atoms with Gasteiger partial charge in [-0.15, -0.1) is 24.0 Å². The van der Waals surface area contributed by atoms with Crippen LogP contribution in [0, 0.1) is 5.82 Å². The third-order valence-electron chi connectivity index (χ3n) is 2.36. The average Bonchev–Trinajstić information content (AvgIpc) is 2.70. The van der Waals surface area contributed by atoms with Crippen molar-refractivity contribution in [1.82, 2.24) is 4.98 Å². The van der Waals surface area contributed by atoms with Crippen LogP contribution >= 0.6 is 24.0 Å². The number of carboxylic acids is 1. The number of thiazole rings is 1. The number of halogens is 1. The number of carboxylic acid groups (broad SMARTS) is 1. The molecule has 1 heterocycles. The van der Waals surface area contributed by atoms with Gasteiger partial charge in [-0.2, -0.15) is 0 Å². The lowest BCUT2D eigenvalue weighted by molar-refractivity contribution is -0.138. The summed E-state index contributed by atoms with van der Waals surface area (Å²) in [5.74, 6) is -2.56. The second kappa shape index (κ2) is 5.03. The Morgan fingerprint density at radius 1 is 1.50 bits per heavy atom. The van der Waals surface area contributed by atoms with Crippen LogP contribution in [-0.2, 0) is 9.59 Å². The van der Waals surface area contributed by atoms with Gasteiger partial charge in [0, 0.05) is 0 Å². The first-order chi connectivity index (χ1) is 8.49. The smallest absolute Gasteiger partial charge is 0.304 e. The van der Waals surface area contributed by atoms with Crippen molar-refractivity contribution < 1.29 is 19.1 Å². The lowest BCUT2D eigenvalue weighted by Gasteiger charge is -2.05. The Hall–Kier alpha value is -1.47. The Kier molecular flexibility index (Phi) is 3.63. The van der Waals surface area contributed by atoms with Gasteiger partial charge >= 0.3 is 5.97 Å². The second-order valence-electron chi connectivity index (χ2n) is 3.63. The van der Waals surface area contributed by atoms with Gasteiger partial charge in [-0.3, -0.25) is 9.59 Å². The maximum absolute atomic E-state index is 13.5. The molecule has 0 radical (unpaired) electrons. The summed E-state index contributed by atoms with van der Waals surface area (Å²) in [5.41, 5.74) is 0.155. The van der Waals surface area contributed by atoms with Crippen molar-refractivity contribution in [3.63, 3.8) is 0 Å². The summed E-state index contributed by atoms with van der Waals surface area (Å²) in [4.78, 5) is 26.0. The van der Waals surface area contributed by atoms with Crippen LogP contribution in [0.1, 0.15) is 17.3 Å². The number of aromatic nitrogens is 1. The highest BCUT2D eigenvalue weighted by molar-refractivity contribution is 7.96. The van der Waals surface area contributed by atoms with E-state index < -0.39 is 29.2 Å². The van der Waals surface area contributed by atoms with Crippen molar-refractivity contribution in [2.45, 2.75) is 12.3 Å². The van der Waals surface area contributed by atoms with Crippen LogP contribution in [-0.4, -0.2) is 21.2 Å². The summed E-state index contributed by atoms with van der Waals surface area (Å²) in [5, 5.41) is 8.43. The van der Waals surface area contributed by atoms with Crippen LogP contribution < -0.4 is 0 Å². The fourth-order valence-electron chi connectivity index (χ4n) is 1.54. The molecule has 0 aliphatic carbocycles. The summed E-state index contributed by atoms with van der Waals surface area (Å²) >= 11 is 4.76. The topological polar surface area (TPSA) is 67.3 Å². The van der Waals surface area contributed by atoms with Crippen molar-refractivity contribution in [2.75, 3.05) is 0 Å². The number of nitrogens with zero attached hydrogens (tertiary/aromatic N) is 1. The fraction of sp³-hybridized carbons (Fsp3) is 0.182. The summed E-state index contributed by atoms with van der Waals surface area (Å²) in [6, 6.07) is 4.47. The molecular formula is C11H8FNO3S2. The summed E-state index contributed by atoms with van der Waals surface area (Å²) < 4.78 is 14.0. The molecule has 0 saturated carbocycles. The zero-order valence-corrected chi connectivity index (χ0v) is 10.7. The van der Waals surface area contributed by atoms with Crippen molar-refractivity contribution in [3.05, 3.63) is 29.0 Å². The van der Waals surface area contributed by atoms with E-state index in [4.69, 9.17) is 5.11 Å². The number of carbonyl (C=O) groups excluding carboxylic acids is 1. The van der Waals surface area contributed by atoms with E-state index in [1.165, 1.54) is 12.1 Å². The standard InChI is InChI=1S/C11H8FNO3S2/c12-6-2-1-3-7-9(6)13-10(18-7)5(11(16)17)4-8(14)15/h1-3,5H,4H2,(H,14,15)(H,16,17). The number of para-hydroxylation sites is 1. The quantitative estimate of drug-likeness (QED) is 0.847. The molecule has 0 spiro atoms. The van der Waals surface area contributed by atoms with Crippen LogP contribution in [0.2, 0.25) is 0 Å². The summed E-state index contributed by atoms with van der Waals surface area (Å²) in [7, 11) is 0.